The quantitative estimate of drug-likeness (QED) is 0.844. The smallest absolute Gasteiger partial charge is 0.246 e. The molecule has 0 radical (unpaired) electrons. The average Bonchev–Trinajstić information content (AvgIpc) is 2.75. The minimum Gasteiger partial charge on any atom is -0.391 e. The van der Waals surface area contributed by atoms with Crippen LogP contribution < -0.4 is 5.73 Å². The lowest BCUT2D eigenvalue weighted by Gasteiger charge is -2.08. The summed E-state index contributed by atoms with van der Waals surface area (Å²) in [7, 11) is 0. The van der Waals surface area contributed by atoms with Crippen molar-refractivity contribution in [1.82, 2.24) is 15.1 Å². The first-order valence-corrected chi connectivity index (χ1v) is 5.70. The Kier molecular flexibility index (Phi) is 3.40. The summed E-state index contributed by atoms with van der Waals surface area (Å²) < 4.78 is 5.06. The van der Waals surface area contributed by atoms with E-state index in [-0.39, 0.29) is 5.89 Å². The van der Waals surface area contributed by atoms with Gasteiger partial charge in [-0.3, -0.25) is 4.98 Å². The Labute approximate surface area is 105 Å². The summed E-state index contributed by atoms with van der Waals surface area (Å²) in [4.78, 5) is 8.47. The van der Waals surface area contributed by atoms with Crippen molar-refractivity contribution in [1.29, 1.82) is 0 Å². The van der Waals surface area contributed by atoms with Crippen LogP contribution in [-0.4, -0.2) is 26.3 Å². The molecule has 0 bridgehead atoms. The van der Waals surface area contributed by atoms with Crippen LogP contribution in [-0.2, 0) is 0 Å². The molecule has 0 amide bonds. The van der Waals surface area contributed by atoms with Crippen LogP contribution in [0.15, 0.2) is 16.7 Å². The molecule has 0 spiro atoms. The van der Waals surface area contributed by atoms with E-state index in [4.69, 9.17) is 10.3 Å². The van der Waals surface area contributed by atoms with E-state index in [9.17, 15) is 5.11 Å². The highest BCUT2D eigenvalue weighted by Gasteiger charge is 2.20. The predicted molar refractivity (Wildman–Crippen MR) is 65.6 cm³/mol. The fourth-order valence-electron chi connectivity index (χ4n) is 1.66. The van der Waals surface area contributed by atoms with Gasteiger partial charge in [0, 0.05) is 17.0 Å². The zero-order valence-electron chi connectivity index (χ0n) is 10.6. The van der Waals surface area contributed by atoms with Crippen molar-refractivity contribution in [2.75, 3.05) is 0 Å². The van der Waals surface area contributed by atoms with Gasteiger partial charge in [-0.05, 0) is 32.9 Å². The van der Waals surface area contributed by atoms with Crippen LogP contribution in [0.25, 0.3) is 11.4 Å². The normalized spacial score (nSPS) is 14.5. The van der Waals surface area contributed by atoms with Crippen molar-refractivity contribution in [3.63, 3.8) is 0 Å². The third-order valence-corrected chi connectivity index (χ3v) is 2.59. The number of rotatable bonds is 3. The molecular weight excluding hydrogens is 232 g/mol. The number of hydrogen-bond acceptors (Lipinski definition) is 6. The standard InChI is InChI=1S/C12H16N4O2/c1-6-4-9(5-7(2)14-6)11-15-12(18-16-11)10(13)8(3)17/h4-5,8,10,17H,13H2,1-3H3/t8-,10+/m1/s1. The molecular formula is C12H16N4O2. The monoisotopic (exact) mass is 248 g/mol. The summed E-state index contributed by atoms with van der Waals surface area (Å²) in [5.41, 5.74) is 8.33. The van der Waals surface area contributed by atoms with Crippen LogP contribution in [0.5, 0.6) is 0 Å². The van der Waals surface area contributed by atoms with Gasteiger partial charge in [-0.15, -0.1) is 0 Å². The van der Waals surface area contributed by atoms with Crippen molar-refractivity contribution in [2.45, 2.75) is 32.9 Å². The van der Waals surface area contributed by atoms with E-state index < -0.39 is 12.1 Å². The van der Waals surface area contributed by atoms with Crippen molar-refractivity contribution in [2.24, 2.45) is 5.73 Å². The maximum atomic E-state index is 9.38. The lowest BCUT2D eigenvalue weighted by molar-refractivity contribution is 0.146. The first-order valence-electron chi connectivity index (χ1n) is 5.70. The third kappa shape index (κ3) is 2.55. The largest absolute Gasteiger partial charge is 0.391 e. The molecule has 0 unspecified atom stereocenters. The van der Waals surface area contributed by atoms with Crippen molar-refractivity contribution in [3.05, 3.63) is 29.4 Å². The summed E-state index contributed by atoms with van der Waals surface area (Å²) in [6, 6.07) is 3.07. The van der Waals surface area contributed by atoms with E-state index >= 15 is 0 Å². The molecule has 2 heterocycles. The van der Waals surface area contributed by atoms with Crippen LogP contribution in [0, 0.1) is 13.8 Å². The zero-order valence-corrected chi connectivity index (χ0v) is 10.6. The molecule has 6 nitrogen and oxygen atoms in total. The Morgan fingerprint density at radius 2 is 1.83 bits per heavy atom. The van der Waals surface area contributed by atoms with Crippen molar-refractivity contribution < 1.29 is 9.63 Å². The summed E-state index contributed by atoms with van der Waals surface area (Å²) in [6.45, 7) is 5.38. The van der Waals surface area contributed by atoms with Gasteiger partial charge in [0.25, 0.3) is 0 Å². The second kappa shape index (κ2) is 4.83. The Morgan fingerprint density at radius 3 is 2.39 bits per heavy atom. The van der Waals surface area contributed by atoms with Gasteiger partial charge in [-0.1, -0.05) is 5.16 Å². The molecule has 96 valence electrons. The molecule has 0 saturated heterocycles. The van der Waals surface area contributed by atoms with Crippen LogP contribution >= 0.6 is 0 Å². The number of aryl methyl sites for hydroxylation is 2. The SMILES string of the molecule is Cc1cc(-c2noc([C@@H](N)[C@@H](C)O)n2)cc(C)n1. The fraction of sp³-hybridized carbons (Fsp3) is 0.417. The number of aliphatic hydroxyl groups excluding tert-OH is 1. The minimum atomic E-state index is -0.737. The highest BCUT2D eigenvalue weighted by atomic mass is 16.5. The van der Waals surface area contributed by atoms with Crippen molar-refractivity contribution >= 4 is 0 Å². The molecule has 2 aromatic heterocycles. The topological polar surface area (TPSA) is 98.1 Å². The van der Waals surface area contributed by atoms with Gasteiger partial charge >= 0.3 is 0 Å². The number of aromatic nitrogens is 3. The predicted octanol–water partition coefficient (Wildman–Crippen LogP) is 1.13. The first-order chi connectivity index (χ1) is 8.47. The van der Waals surface area contributed by atoms with Crippen LogP contribution in [0.4, 0.5) is 0 Å². The molecule has 0 saturated carbocycles. The number of aliphatic hydroxyl groups is 1. The van der Waals surface area contributed by atoms with Gasteiger partial charge in [0.05, 0.1) is 6.10 Å². The summed E-state index contributed by atoms with van der Waals surface area (Å²) in [5.74, 6) is 0.682. The van der Waals surface area contributed by atoms with Gasteiger partial charge in [0.1, 0.15) is 6.04 Å². The minimum absolute atomic E-state index is 0.229. The number of hydrogen-bond donors (Lipinski definition) is 2. The molecule has 18 heavy (non-hydrogen) atoms. The van der Waals surface area contributed by atoms with Crippen LogP contribution in [0.3, 0.4) is 0 Å². The molecule has 0 aliphatic rings. The van der Waals surface area contributed by atoms with E-state index in [1.54, 1.807) is 6.92 Å². The third-order valence-electron chi connectivity index (χ3n) is 2.59. The highest BCUT2D eigenvalue weighted by molar-refractivity contribution is 5.55. The zero-order chi connectivity index (χ0) is 13.3. The summed E-state index contributed by atoms with van der Waals surface area (Å²) in [6.07, 6.45) is -0.737. The van der Waals surface area contributed by atoms with E-state index in [2.05, 4.69) is 15.1 Å². The molecule has 2 aromatic rings. The number of nitrogens with zero attached hydrogens (tertiary/aromatic N) is 3. The van der Waals surface area contributed by atoms with Crippen LogP contribution in [0.2, 0.25) is 0 Å². The van der Waals surface area contributed by atoms with Gasteiger partial charge in [-0.2, -0.15) is 4.98 Å². The van der Waals surface area contributed by atoms with E-state index in [1.807, 2.05) is 26.0 Å². The number of nitrogens with two attached hydrogens (primary N) is 1. The average molecular weight is 248 g/mol. The molecule has 0 fully saturated rings. The second-order valence-corrected chi connectivity index (χ2v) is 4.36. The molecule has 3 N–H and O–H groups in total. The van der Waals surface area contributed by atoms with E-state index in [0.29, 0.717) is 5.82 Å². The molecule has 2 atom stereocenters. The molecule has 0 aliphatic heterocycles. The first kappa shape index (κ1) is 12.7. The van der Waals surface area contributed by atoms with Gasteiger partial charge < -0.3 is 15.4 Å². The molecule has 0 aromatic carbocycles. The molecule has 2 rings (SSSR count). The maximum Gasteiger partial charge on any atom is 0.246 e. The van der Waals surface area contributed by atoms with E-state index in [0.717, 1.165) is 17.0 Å². The fourth-order valence-corrected chi connectivity index (χ4v) is 1.66. The second-order valence-electron chi connectivity index (χ2n) is 4.36. The van der Waals surface area contributed by atoms with Gasteiger partial charge in [0.2, 0.25) is 11.7 Å². The Bertz CT molecular complexity index is 531. The van der Waals surface area contributed by atoms with E-state index in [1.165, 1.54) is 0 Å². The Balaban J connectivity index is 2.35. The summed E-state index contributed by atoms with van der Waals surface area (Å²) in [5, 5.41) is 13.2. The molecule has 6 heteroatoms. The Hall–Kier alpha value is -1.79. The van der Waals surface area contributed by atoms with Crippen molar-refractivity contribution in [3.8, 4) is 11.4 Å². The molecule has 0 aliphatic carbocycles. The maximum absolute atomic E-state index is 9.38. The van der Waals surface area contributed by atoms with Gasteiger partial charge in [-0.25, -0.2) is 0 Å². The van der Waals surface area contributed by atoms with Crippen LogP contribution in [0.1, 0.15) is 30.2 Å². The lowest BCUT2D eigenvalue weighted by atomic mass is 10.2. The number of pyridine rings is 1. The summed E-state index contributed by atoms with van der Waals surface area (Å²) >= 11 is 0. The van der Waals surface area contributed by atoms with Gasteiger partial charge in [0.15, 0.2) is 0 Å². The lowest BCUT2D eigenvalue weighted by Crippen LogP contribution is -2.23. The highest BCUT2D eigenvalue weighted by Crippen LogP contribution is 2.20. The Morgan fingerprint density at radius 1 is 1.22 bits per heavy atom.